The third-order valence-electron chi connectivity index (χ3n) is 3.89. The zero-order valence-corrected chi connectivity index (χ0v) is 13.4. The SMILES string of the molecule is C=CCN(CC=C)C(=O)CC1c2ccccc2C=CN1C(C)=O. The first-order valence-corrected chi connectivity index (χ1v) is 7.64. The number of amides is 2. The van der Waals surface area contributed by atoms with Crippen molar-refractivity contribution in [3.05, 3.63) is 66.9 Å². The van der Waals surface area contributed by atoms with E-state index in [4.69, 9.17) is 0 Å². The number of benzene rings is 1. The van der Waals surface area contributed by atoms with Crippen LogP contribution in [0.5, 0.6) is 0 Å². The van der Waals surface area contributed by atoms with Gasteiger partial charge in [0.25, 0.3) is 0 Å². The second-order valence-corrected chi connectivity index (χ2v) is 5.47. The predicted molar refractivity (Wildman–Crippen MR) is 92.3 cm³/mol. The lowest BCUT2D eigenvalue weighted by atomic mass is 9.93. The van der Waals surface area contributed by atoms with E-state index < -0.39 is 0 Å². The molecule has 1 aromatic carbocycles. The molecule has 0 saturated heterocycles. The summed E-state index contributed by atoms with van der Waals surface area (Å²) >= 11 is 0. The molecule has 0 aliphatic carbocycles. The van der Waals surface area contributed by atoms with Gasteiger partial charge < -0.3 is 9.80 Å². The third kappa shape index (κ3) is 3.77. The molecule has 1 unspecified atom stereocenters. The normalized spacial score (nSPS) is 15.7. The van der Waals surface area contributed by atoms with Crippen molar-refractivity contribution >= 4 is 17.9 Å². The molecule has 1 aliphatic heterocycles. The zero-order valence-electron chi connectivity index (χ0n) is 13.4. The van der Waals surface area contributed by atoms with Crippen molar-refractivity contribution in [1.82, 2.24) is 9.80 Å². The fourth-order valence-corrected chi connectivity index (χ4v) is 2.80. The molecule has 1 heterocycles. The van der Waals surface area contributed by atoms with Crippen molar-refractivity contribution < 1.29 is 9.59 Å². The average Bonchev–Trinajstić information content (AvgIpc) is 2.54. The van der Waals surface area contributed by atoms with Gasteiger partial charge in [0.15, 0.2) is 0 Å². The van der Waals surface area contributed by atoms with Gasteiger partial charge in [0.2, 0.25) is 11.8 Å². The first kappa shape index (κ1) is 16.7. The molecule has 1 atom stereocenters. The van der Waals surface area contributed by atoms with E-state index in [2.05, 4.69) is 13.2 Å². The Hall–Kier alpha value is -2.62. The molecule has 0 fully saturated rings. The summed E-state index contributed by atoms with van der Waals surface area (Å²) in [7, 11) is 0. The Morgan fingerprint density at radius 3 is 2.48 bits per heavy atom. The molecule has 0 aromatic heterocycles. The van der Waals surface area contributed by atoms with Crippen molar-refractivity contribution in [2.75, 3.05) is 13.1 Å². The summed E-state index contributed by atoms with van der Waals surface area (Å²) in [6.45, 7) is 9.82. The topological polar surface area (TPSA) is 40.6 Å². The van der Waals surface area contributed by atoms with Gasteiger partial charge in [-0.15, -0.1) is 13.2 Å². The maximum absolute atomic E-state index is 12.6. The van der Waals surface area contributed by atoms with E-state index in [1.165, 1.54) is 6.92 Å². The minimum Gasteiger partial charge on any atom is -0.335 e. The Kier molecular flexibility index (Phi) is 5.52. The first-order valence-electron chi connectivity index (χ1n) is 7.64. The quantitative estimate of drug-likeness (QED) is 0.757. The molecule has 1 aliphatic rings. The van der Waals surface area contributed by atoms with Gasteiger partial charge in [-0.05, 0) is 17.2 Å². The Bertz CT molecular complexity index is 639. The van der Waals surface area contributed by atoms with E-state index in [1.807, 2.05) is 30.3 Å². The standard InChI is InChI=1S/C19H22N2O2/c1-4-11-20(12-5-2)19(23)14-18-17-9-7-6-8-16(17)10-13-21(18)15(3)22/h4-10,13,18H,1-2,11-12,14H2,3H3. The third-order valence-corrected chi connectivity index (χ3v) is 3.89. The monoisotopic (exact) mass is 310 g/mol. The summed E-state index contributed by atoms with van der Waals surface area (Å²) in [5.41, 5.74) is 2.04. The Morgan fingerprint density at radius 2 is 1.87 bits per heavy atom. The van der Waals surface area contributed by atoms with Crippen LogP contribution in [0.1, 0.15) is 30.5 Å². The molecule has 0 spiro atoms. The highest BCUT2D eigenvalue weighted by molar-refractivity contribution is 5.82. The van der Waals surface area contributed by atoms with Crippen LogP contribution in [-0.2, 0) is 9.59 Å². The molecule has 23 heavy (non-hydrogen) atoms. The summed E-state index contributed by atoms with van der Waals surface area (Å²) < 4.78 is 0. The summed E-state index contributed by atoms with van der Waals surface area (Å²) in [5, 5.41) is 0. The lowest BCUT2D eigenvalue weighted by molar-refractivity contribution is -0.133. The molecule has 1 aromatic rings. The van der Waals surface area contributed by atoms with Crippen LogP contribution in [0.3, 0.4) is 0 Å². The van der Waals surface area contributed by atoms with E-state index in [0.29, 0.717) is 13.1 Å². The molecule has 0 radical (unpaired) electrons. The summed E-state index contributed by atoms with van der Waals surface area (Å²) in [6.07, 6.45) is 7.29. The molecule has 0 saturated carbocycles. The van der Waals surface area contributed by atoms with Gasteiger partial charge in [-0.25, -0.2) is 0 Å². The van der Waals surface area contributed by atoms with Gasteiger partial charge in [0.1, 0.15) is 0 Å². The highest BCUT2D eigenvalue weighted by Gasteiger charge is 2.29. The minimum absolute atomic E-state index is 0.0221. The van der Waals surface area contributed by atoms with Gasteiger partial charge in [-0.3, -0.25) is 9.59 Å². The molecule has 0 bridgehead atoms. The average molecular weight is 310 g/mol. The van der Waals surface area contributed by atoms with Gasteiger partial charge in [0.05, 0.1) is 12.5 Å². The Balaban J connectivity index is 2.28. The largest absolute Gasteiger partial charge is 0.335 e. The number of rotatable bonds is 6. The van der Waals surface area contributed by atoms with Crippen LogP contribution in [-0.4, -0.2) is 34.7 Å². The lowest BCUT2D eigenvalue weighted by Gasteiger charge is -2.33. The highest BCUT2D eigenvalue weighted by atomic mass is 16.2. The van der Waals surface area contributed by atoms with Gasteiger partial charge in [-0.2, -0.15) is 0 Å². The fourth-order valence-electron chi connectivity index (χ4n) is 2.80. The van der Waals surface area contributed by atoms with Crippen LogP contribution in [0.2, 0.25) is 0 Å². The van der Waals surface area contributed by atoms with Crippen LogP contribution in [0.15, 0.2) is 55.8 Å². The molecule has 0 N–H and O–H groups in total. The van der Waals surface area contributed by atoms with Crippen molar-refractivity contribution in [1.29, 1.82) is 0 Å². The molecule has 4 nitrogen and oxygen atoms in total. The van der Waals surface area contributed by atoms with Crippen LogP contribution < -0.4 is 0 Å². The summed E-state index contributed by atoms with van der Waals surface area (Å²) in [5.74, 6) is -0.0984. The number of nitrogens with zero attached hydrogens (tertiary/aromatic N) is 2. The molecular formula is C19H22N2O2. The molecule has 2 amide bonds. The van der Waals surface area contributed by atoms with Crippen LogP contribution >= 0.6 is 0 Å². The van der Waals surface area contributed by atoms with E-state index in [-0.39, 0.29) is 24.3 Å². The second kappa shape index (κ2) is 7.58. The smallest absolute Gasteiger partial charge is 0.225 e. The van der Waals surface area contributed by atoms with E-state index in [9.17, 15) is 9.59 Å². The number of hydrogen-bond donors (Lipinski definition) is 0. The predicted octanol–water partition coefficient (Wildman–Crippen LogP) is 3.15. The molecule has 4 heteroatoms. The second-order valence-electron chi connectivity index (χ2n) is 5.47. The summed E-state index contributed by atoms with van der Waals surface area (Å²) in [6, 6.07) is 7.56. The van der Waals surface area contributed by atoms with Crippen LogP contribution in [0, 0.1) is 0 Å². The van der Waals surface area contributed by atoms with Gasteiger partial charge in [0, 0.05) is 26.2 Å². The van der Waals surface area contributed by atoms with Crippen molar-refractivity contribution in [3.8, 4) is 0 Å². The van der Waals surface area contributed by atoms with E-state index in [1.54, 1.807) is 28.2 Å². The number of carbonyl (C=O) groups is 2. The van der Waals surface area contributed by atoms with E-state index in [0.717, 1.165) is 11.1 Å². The van der Waals surface area contributed by atoms with Crippen LogP contribution in [0.25, 0.3) is 6.08 Å². The minimum atomic E-state index is -0.279. The van der Waals surface area contributed by atoms with E-state index >= 15 is 0 Å². The highest BCUT2D eigenvalue weighted by Crippen LogP contribution is 2.33. The van der Waals surface area contributed by atoms with Crippen molar-refractivity contribution in [2.24, 2.45) is 0 Å². The number of fused-ring (bicyclic) bond motifs is 1. The number of carbonyl (C=O) groups excluding carboxylic acids is 2. The molecule has 2 rings (SSSR count). The lowest BCUT2D eigenvalue weighted by Crippen LogP contribution is -2.37. The summed E-state index contributed by atoms with van der Waals surface area (Å²) in [4.78, 5) is 27.9. The Labute approximate surface area is 137 Å². The first-order chi connectivity index (χ1) is 11.1. The fraction of sp³-hybridized carbons (Fsp3) is 0.263. The molecular weight excluding hydrogens is 288 g/mol. The molecule has 120 valence electrons. The van der Waals surface area contributed by atoms with Gasteiger partial charge in [-0.1, -0.05) is 36.4 Å². The van der Waals surface area contributed by atoms with Crippen molar-refractivity contribution in [2.45, 2.75) is 19.4 Å². The van der Waals surface area contributed by atoms with Crippen LogP contribution in [0.4, 0.5) is 0 Å². The zero-order chi connectivity index (χ0) is 16.8. The maximum atomic E-state index is 12.6. The van der Waals surface area contributed by atoms with Crippen molar-refractivity contribution in [3.63, 3.8) is 0 Å². The Morgan fingerprint density at radius 1 is 1.22 bits per heavy atom. The maximum Gasteiger partial charge on any atom is 0.225 e. The number of hydrogen-bond acceptors (Lipinski definition) is 2. The van der Waals surface area contributed by atoms with Gasteiger partial charge >= 0.3 is 0 Å².